The number of para-hydroxylation sites is 1. The average Bonchev–Trinajstić information content (AvgIpc) is 4.01. The Morgan fingerprint density at radius 3 is 2.27 bits per heavy atom. The van der Waals surface area contributed by atoms with Gasteiger partial charge in [0.25, 0.3) is 15.9 Å². The number of sulfonamides is 1. The summed E-state index contributed by atoms with van der Waals surface area (Å²) >= 11 is 0. The SMILES string of the molecule is CC.CC(C1CC1)N1CCN(C(=O)c2ccc(NS(=O)(=O)c3cccc4cccnc34)cc2)CC1.CCN(CCN)CC1CC1. The molecule has 1 amide bonds. The number of rotatable bonds is 11. The predicted octanol–water partition coefficient (Wildman–Crippen LogP) is 5.30. The zero-order valence-corrected chi connectivity index (χ0v) is 28.3. The number of pyridine rings is 1. The van der Waals surface area contributed by atoms with E-state index in [2.05, 4.69) is 33.4 Å². The third-order valence-corrected chi connectivity index (χ3v) is 10.3. The highest BCUT2D eigenvalue weighted by atomic mass is 32.2. The average molecular weight is 637 g/mol. The van der Waals surface area contributed by atoms with Crippen LogP contribution in [-0.2, 0) is 10.0 Å². The van der Waals surface area contributed by atoms with Crippen molar-refractivity contribution < 1.29 is 13.2 Å². The molecule has 2 heterocycles. The van der Waals surface area contributed by atoms with Gasteiger partial charge in [-0.15, -0.1) is 0 Å². The van der Waals surface area contributed by atoms with E-state index in [9.17, 15) is 13.2 Å². The third kappa shape index (κ3) is 9.72. The lowest BCUT2D eigenvalue weighted by Crippen LogP contribution is -2.51. The van der Waals surface area contributed by atoms with Gasteiger partial charge in [0.05, 0.1) is 5.52 Å². The molecule has 2 aliphatic carbocycles. The zero-order chi connectivity index (χ0) is 32.4. The number of aromatic nitrogens is 1. The first-order chi connectivity index (χ1) is 21.8. The molecule has 1 aliphatic heterocycles. The van der Waals surface area contributed by atoms with Crippen LogP contribution in [0.2, 0.25) is 0 Å². The molecule has 2 aromatic carbocycles. The molecule has 1 saturated heterocycles. The summed E-state index contributed by atoms with van der Waals surface area (Å²) in [5, 5.41) is 0.757. The normalized spacial score (nSPS) is 17.6. The Morgan fingerprint density at radius 1 is 1.00 bits per heavy atom. The zero-order valence-electron chi connectivity index (χ0n) is 27.5. The molecule has 45 heavy (non-hydrogen) atoms. The van der Waals surface area contributed by atoms with Gasteiger partial charge in [-0.3, -0.25) is 19.4 Å². The number of hydrogen-bond acceptors (Lipinski definition) is 7. The Kier molecular flexibility index (Phi) is 12.8. The van der Waals surface area contributed by atoms with E-state index in [0.717, 1.165) is 63.0 Å². The number of nitrogens with two attached hydrogens (primary N) is 1. The summed E-state index contributed by atoms with van der Waals surface area (Å²) in [7, 11) is -3.82. The fraction of sp³-hybridized carbons (Fsp3) is 0.543. The van der Waals surface area contributed by atoms with Crippen molar-refractivity contribution in [3.63, 3.8) is 0 Å². The summed E-state index contributed by atoms with van der Waals surface area (Å²) in [6.07, 6.45) is 7.12. The van der Waals surface area contributed by atoms with Crippen molar-refractivity contribution in [3.8, 4) is 0 Å². The van der Waals surface area contributed by atoms with Gasteiger partial charge in [-0.1, -0.05) is 39.0 Å². The van der Waals surface area contributed by atoms with E-state index in [-0.39, 0.29) is 10.8 Å². The van der Waals surface area contributed by atoms with E-state index in [1.807, 2.05) is 30.9 Å². The molecule has 0 radical (unpaired) electrons. The molecular weight excluding hydrogens is 584 g/mol. The number of likely N-dealkylation sites (N-methyl/N-ethyl adjacent to an activating group) is 1. The van der Waals surface area contributed by atoms with Gasteiger partial charge in [-0.05, 0) is 87.4 Å². The van der Waals surface area contributed by atoms with E-state index in [1.54, 1.807) is 48.7 Å². The monoisotopic (exact) mass is 636 g/mol. The molecule has 1 unspecified atom stereocenters. The van der Waals surface area contributed by atoms with Crippen molar-refractivity contribution in [2.24, 2.45) is 17.6 Å². The standard InChI is InChI=1S/C25H28N4O3S.C8H18N2.C2H6/c1-18(19-7-8-19)28-14-16-29(17-15-28)25(30)21-9-11-22(12-10-21)27-33(31,32)23-6-2-4-20-5-3-13-26-24(20)23;1-2-10(6-5-9)7-8-3-4-8;1-2/h2-6,9-13,18-19,27H,7-8,14-17H2,1H3;8H,2-7,9H2,1H3;1-2H3. The first kappa shape index (κ1) is 34.8. The molecule has 9 nitrogen and oxygen atoms in total. The second-order valence-corrected chi connectivity index (χ2v) is 13.7. The van der Waals surface area contributed by atoms with Crippen LogP contribution in [0.1, 0.15) is 63.7 Å². The second-order valence-electron chi connectivity index (χ2n) is 12.0. The number of carbonyl (C=O) groups excluding carboxylic acids is 1. The number of piperazine rings is 1. The van der Waals surface area contributed by atoms with Crippen molar-refractivity contribution in [2.45, 2.75) is 64.3 Å². The first-order valence-corrected chi connectivity index (χ1v) is 18.2. The van der Waals surface area contributed by atoms with Gasteiger partial charge >= 0.3 is 0 Å². The lowest BCUT2D eigenvalue weighted by molar-refractivity contribution is 0.0564. The van der Waals surface area contributed by atoms with Gasteiger partial charge in [0.2, 0.25) is 0 Å². The minimum Gasteiger partial charge on any atom is -0.336 e. The fourth-order valence-corrected chi connectivity index (χ4v) is 7.04. The lowest BCUT2D eigenvalue weighted by atomic mass is 10.1. The molecule has 0 spiro atoms. The summed E-state index contributed by atoms with van der Waals surface area (Å²) in [5.74, 6) is 1.82. The summed E-state index contributed by atoms with van der Waals surface area (Å²) in [5.41, 5.74) is 6.85. The number of nitrogens with one attached hydrogen (secondary N) is 1. The van der Waals surface area contributed by atoms with Crippen LogP contribution in [0.5, 0.6) is 0 Å². The number of hydrogen-bond donors (Lipinski definition) is 2. The highest BCUT2D eigenvalue weighted by Gasteiger charge is 2.34. The number of anilines is 1. The van der Waals surface area contributed by atoms with E-state index >= 15 is 0 Å². The quantitative estimate of drug-likeness (QED) is 0.294. The van der Waals surface area contributed by atoms with E-state index in [0.29, 0.717) is 22.8 Å². The molecule has 6 rings (SSSR count). The minimum absolute atomic E-state index is 0.0126. The van der Waals surface area contributed by atoms with Gasteiger partial charge < -0.3 is 15.5 Å². The highest BCUT2D eigenvalue weighted by molar-refractivity contribution is 7.93. The van der Waals surface area contributed by atoms with Crippen molar-refractivity contribution in [2.75, 3.05) is 57.1 Å². The minimum atomic E-state index is -3.82. The molecule has 246 valence electrons. The highest BCUT2D eigenvalue weighted by Crippen LogP contribution is 2.35. The number of nitrogens with zero attached hydrogens (tertiary/aromatic N) is 4. The van der Waals surface area contributed by atoms with Gasteiger partial charge in [0.15, 0.2) is 0 Å². The molecule has 1 atom stereocenters. The van der Waals surface area contributed by atoms with Gasteiger partial charge in [0, 0.05) is 74.7 Å². The molecule has 2 saturated carbocycles. The summed E-state index contributed by atoms with van der Waals surface area (Å²) < 4.78 is 28.6. The predicted molar refractivity (Wildman–Crippen MR) is 184 cm³/mol. The van der Waals surface area contributed by atoms with Crippen molar-refractivity contribution in [1.82, 2.24) is 19.7 Å². The largest absolute Gasteiger partial charge is 0.336 e. The molecule has 3 aromatic rings. The summed E-state index contributed by atoms with van der Waals surface area (Å²) in [4.78, 5) is 24.1. The number of benzene rings is 2. The third-order valence-electron chi connectivity index (χ3n) is 8.86. The number of fused-ring (bicyclic) bond motifs is 1. The fourth-order valence-electron chi connectivity index (χ4n) is 5.80. The second kappa shape index (κ2) is 16.5. The summed E-state index contributed by atoms with van der Waals surface area (Å²) in [6.45, 7) is 16.1. The Hall–Kier alpha value is -3.05. The van der Waals surface area contributed by atoms with E-state index in [4.69, 9.17) is 5.73 Å². The van der Waals surface area contributed by atoms with Crippen molar-refractivity contribution in [1.29, 1.82) is 0 Å². The molecule has 3 N–H and O–H groups in total. The maximum Gasteiger partial charge on any atom is 0.264 e. The molecule has 3 aliphatic rings. The molecule has 3 fully saturated rings. The molecule has 10 heteroatoms. The van der Waals surface area contributed by atoms with Crippen LogP contribution in [0, 0.1) is 11.8 Å². The summed E-state index contributed by atoms with van der Waals surface area (Å²) in [6, 6.07) is 15.9. The number of amides is 1. The van der Waals surface area contributed by atoms with Crippen molar-refractivity contribution in [3.05, 3.63) is 66.4 Å². The Balaban J connectivity index is 0.000000326. The van der Waals surface area contributed by atoms with Crippen LogP contribution < -0.4 is 10.5 Å². The van der Waals surface area contributed by atoms with Crippen LogP contribution in [0.15, 0.2) is 65.7 Å². The molecule has 1 aromatic heterocycles. The molecular formula is C35H52N6O3S. The van der Waals surface area contributed by atoms with E-state index in [1.165, 1.54) is 32.2 Å². The van der Waals surface area contributed by atoms with Crippen LogP contribution in [0.4, 0.5) is 5.69 Å². The topological polar surface area (TPSA) is 112 Å². The van der Waals surface area contributed by atoms with Gasteiger partial charge in [-0.25, -0.2) is 8.42 Å². The van der Waals surface area contributed by atoms with Crippen LogP contribution in [-0.4, -0.2) is 92.4 Å². The van der Waals surface area contributed by atoms with Crippen molar-refractivity contribution >= 4 is 32.5 Å². The maximum atomic E-state index is 13.0. The Morgan fingerprint density at radius 2 is 1.67 bits per heavy atom. The van der Waals surface area contributed by atoms with Gasteiger partial charge in [0.1, 0.15) is 4.90 Å². The Labute approximate surface area is 270 Å². The number of carbonyl (C=O) groups is 1. The van der Waals surface area contributed by atoms with Gasteiger partial charge in [-0.2, -0.15) is 0 Å². The molecule has 0 bridgehead atoms. The lowest BCUT2D eigenvalue weighted by Gasteiger charge is -2.38. The van der Waals surface area contributed by atoms with Crippen LogP contribution in [0.3, 0.4) is 0 Å². The Bertz CT molecular complexity index is 1460. The smallest absolute Gasteiger partial charge is 0.264 e. The van der Waals surface area contributed by atoms with Crippen LogP contribution >= 0.6 is 0 Å². The van der Waals surface area contributed by atoms with E-state index < -0.39 is 10.0 Å². The first-order valence-electron chi connectivity index (χ1n) is 16.7. The maximum absolute atomic E-state index is 13.0. The van der Waals surface area contributed by atoms with Crippen LogP contribution in [0.25, 0.3) is 10.9 Å².